The van der Waals surface area contributed by atoms with Crippen molar-refractivity contribution in [3.63, 3.8) is 0 Å². The standard InChI is InChI=1S/C16H37N3/c1-7-9-10-11-12-16(4,14-17)19(8-2)15(3)13-18(5)6/h15H,7-14,17H2,1-6H3. The summed E-state index contributed by atoms with van der Waals surface area (Å²) in [6, 6.07) is 0.555. The van der Waals surface area contributed by atoms with Crippen molar-refractivity contribution in [2.75, 3.05) is 33.7 Å². The second kappa shape index (κ2) is 9.73. The van der Waals surface area contributed by atoms with E-state index in [1.54, 1.807) is 0 Å². The third-order valence-corrected chi connectivity index (χ3v) is 4.20. The van der Waals surface area contributed by atoms with E-state index in [9.17, 15) is 0 Å². The van der Waals surface area contributed by atoms with E-state index in [1.807, 2.05) is 0 Å². The van der Waals surface area contributed by atoms with Crippen LogP contribution < -0.4 is 5.73 Å². The molecule has 0 saturated heterocycles. The van der Waals surface area contributed by atoms with E-state index in [0.29, 0.717) is 6.04 Å². The Morgan fingerprint density at radius 2 is 1.74 bits per heavy atom. The maximum absolute atomic E-state index is 6.11. The second-order valence-corrected chi connectivity index (χ2v) is 6.41. The van der Waals surface area contributed by atoms with Crippen LogP contribution in [-0.4, -0.2) is 55.1 Å². The van der Waals surface area contributed by atoms with Gasteiger partial charge in [-0.3, -0.25) is 4.90 Å². The van der Waals surface area contributed by atoms with Crippen LogP contribution in [0.4, 0.5) is 0 Å². The largest absolute Gasteiger partial charge is 0.329 e. The molecular weight excluding hydrogens is 234 g/mol. The van der Waals surface area contributed by atoms with Gasteiger partial charge in [0.25, 0.3) is 0 Å². The molecule has 0 rings (SSSR count). The van der Waals surface area contributed by atoms with Crippen LogP contribution >= 0.6 is 0 Å². The summed E-state index contributed by atoms with van der Waals surface area (Å²) < 4.78 is 0. The zero-order valence-electron chi connectivity index (χ0n) is 14.2. The molecule has 0 spiro atoms. The minimum Gasteiger partial charge on any atom is -0.329 e. The first-order chi connectivity index (χ1) is 8.91. The van der Waals surface area contributed by atoms with Crippen molar-refractivity contribution in [1.29, 1.82) is 0 Å². The molecule has 0 aromatic rings. The van der Waals surface area contributed by atoms with Crippen LogP contribution in [0.25, 0.3) is 0 Å². The van der Waals surface area contributed by atoms with Crippen molar-refractivity contribution < 1.29 is 0 Å². The molecule has 2 unspecified atom stereocenters. The van der Waals surface area contributed by atoms with Crippen LogP contribution in [0.2, 0.25) is 0 Å². The van der Waals surface area contributed by atoms with Gasteiger partial charge < -0.3 is 10.6 Å². The van der Waals surface area contributed by atoms with E-state index < -0.39 is 0 Å². The Balaban J connectivity index is 4.54. The first-order valence-electron chi connectivity index (χ1n) is 8.02. The molecule has 0 aliphatic rings. The molecule has 0 fully saturated rings. The molecule has 0 radical (unpaired) electrons. The van der Waals surface area contributed by atoms with Gasteiger partial charge in [-0.15, -0.1) is 0 Å². The van der Waals surface area contributed by atoms with Crippen LogP contribution in [-0.2, 0) is 0 Å². The van der Waals surface area contributed by atoms with Gasteiger partial charge in [-0.05, 0) is 40.9 Å². The average Bonchev–Trinajstić information content (AvgIpc) is 2.34. The van der Waals surface area contributed by atoms with Crippen LogP contribution in [0.3, 0.4) is 0 Å². The number of nitrogens with two attached hydrogens (primary N) is 1. The zero-order chi connectivity index (χ0) is 14.9. The summed E-state index contributed by atoms with van der Waals surface area (Å²) in [5.74, 6) is 0. The Morgan fingerprint density at radius 3 is 2.16 bits per heavy atom. The summed E-state index contributed by atoms with van der Waals surface area (Å²) in [5, 5.41) is 0. The summed E-state index contributed by atoms with van der Waals surface area (Å²) >= 11 is 0. The highest BCUT2D eigenvalue weighted by Crippen LogP contribution is 2.24. The van der Waals surface area contributed by atoms with Gasteiger partial charge >= 0.3 is 0 Å². The molecule has 0 saturated carbocycles. The predicted molar refractivity (Wildman–Crippen MR) is 86.6 cm³/mol. The number of nitrogens with zero attached hydrogens (tertiary/aromatic N) is 2. The van der Waals surface area contributed by atoms with Crippen LogP contribution in [0.1, 0.15) is 59.8 Å². The molecule has 0 aromatic carbocycles. The summed E-state index contributed by atoms with van der Waals surface area (Å²) in [4.78, 5) is 4.86. The predicted octanol–water partition coefficient (Wildman–Crippen LogP) is 2.95. The fourth-order valence-electron chi connectivity index (χ4n) is 3.15. The number of rotatable bonds is 11. The summed E-state index contributed by atoms with van der Waals surface area (Å²) in [5.41, 5.74) is 6.26. The van der Waals surface area contributed by atoms with E-state index >= 15 is 0 Å². The van der Waals surface area contributed by atoms with Crippen molar-refractivity contribution in [3.05, 3.63) is 0 Å². The Labute approximate surface area is 121 Å². The lowest BCUT2D eigenvalue weighted by Gasteiger charge is -2.45. The number of likely N-dealkylation sites (N-methyl/N-ethyl adjacent to an activating group) is 2. The molecule has 3 heteroatoms. The minimum atomic E-state index is 0.151. The van der Waals surface area contributed by atoms with Crippen LogP contribution in [0, 0.1) is 0 Å². The van der Waals surface area contributed by atoms with Crippen LogP contribution in [0.5, 0.6) is 0 Å². The highest BCUT2D eigenvalue weighted by molar-refractivity contribution is 4.90. The smallest absolute Gasteiger partial charge is 0.0306 e. The molecule has 0 amide bonds. The highest BCUT2D eigenvalue weighted by atomic mass is 15.3. The number of hydrogen-bond acceptors (Lipinski definition) is 3. The maximum Gasteiger partial charge on any atom is 0.0306 e. The average molecular weight is 271 g/mol. The van der Waals surface area contributed by atoms with E-state index in [-0.39, 0.29) is 5.54 Å². The molecule has 0 aromatic heterocycles. The SMILES string of the molecule is CCCCCCC(C)(CN)N(CC)C(C)CN(C)C. The fourth-order valence-corrected chi connectivity index (χ4v) is 3.15. The Bertz CT molecular complexity index is 218. The molecule has 0 bridgehead atoms. The first kappa shape index (κ1) is 18.9. The van der Waals surface area contributed by atoms with Crippen molar-refractivity contribution in [1.82, 2.24) is 9.80 Å². The quantitative estimate of drug-likeness (QED) is 0.586. The van der Waals surface area contributed by atoms with Gasteiger partial charge in [-0.2, -0.15) is 0 Å². The second-order valence-electron chi connectivity index (χ2n) is 6.41. The minimum absolute atomic E-state index is 0.151. The topological polar surface area (TPSA) is 32.5 Å². The van der Waals surface area contributed by atoms with Gasteiger partial charge in [-0.1, -0.05) is 39.5 Å². The molecule has 0 aliphatic heterocycles. The van der Waals surface area contributed by atoms with Gasteiger partial charge in [0.05, 0.1) is 0 Å². The number of unbranched alkanes of at least 4 members (excludes halogenated alkanes) is 3. The van der Waals surface area contributed by atoms with E-state index in [2.05, 4.69) is 51.6 Å². The normalized spacial score (nSPS) is 16.9. The van der Waals surface area contributed by atoms with Crippen molar-refractivity contribution >= 4 is 0 Å². The molecule has 2 atom stereocenters. The van der Waals surface area contributed by atoms with Gasteiger partial charge in [-0.25, -0.2) is 0 Å². The molecule has 0 heterocycles. The first-order valence-corrected chi connectivity index (χ1v) is 8.02. The summed E-state index contributed by atoms with van der Waals surface area (Å²) in [7, 11) is 4.29. The van der Waals surface area contributed by atoms with E-state index in [4.69, 9.17) is 5.73 Å². The van der Waals surface area contributed by atoms with Crippen molar-refractivity contribution in [2.45, 2.75) is 71.4 Å². The monoisotopic (exact) mass is 271 g/mol. The van der Waals surface area contributed by atoms with Crippen LogP contribution in [0.15, 0.2) is 0 Å². The summed E-state index contributed by atoms with van der Waals surface area (Å²) in [6.07, 6.45) is 6.50. The molecular formula is C16H37N3. The third kappa shape index (κ3) is 6.73. The van der Waals surface area contributed by atoms with Gasteiger partial charge in [0.2, 0.25) is 0 Å². The van der Waals surface area contributed by atoms with E-state index in [1.165, 1.54) is 32.1 Å². The van der Waals surface area contributed by atoms with Gasteiger partial charge in [0.15, 0.2) is 0 Å². The van der Waals surface area contributed by atoms with Gasteiger partial charge in [0.1, 0.15) is 0 Å². The van der Waals surface area contributed by atoms with Crippen molar-refractivity contribution in [3.8, 4) is 0 Å². The Hall–Kier alpha value is -0.120. The lowest BCUT2D eigenvalue weighted by atomic mass is 9.90. The molecule has 2 N–H and O–H groups in total. The lowest BCUT2D eigenvalue weighted by molar-refractivity contribution is 0.0528. The highest BCUT2D eigenvalue weighted by Gasteiger charge is 2.32. The Morgan fingerprint density at radius 1 is 1.11 bits per heavy atom. The zero-order valence-corrected chi connectivity index (χ0v) is 14.2. The van der Waals surface area contributed by atoms with Gasteiger partial charge in [0, 0.05) is 24.7 Å². The lowest BCUT2D eigenvalue weighted by Crippen LogP contribution is -2.57. The summed E-state index contributed by atoms with van der Waals surface area (Å²) in [6.45, 7) is 12.1. The number of hydrogen-bond donors (Lipinski definition) is 1. The Kier molecular flexibility index (Phi) is 9.67. The fraction of sp³-hybridized carbons (Fsp3) is 1.00. The van der Waals surface area contributed by atoms with Crippen molar-refractivity contribution in [2.24, 2.45) is 5.73 Å². The molecule has 116 valence electrons. The van der Waals surface area contributed by atoms with E-state index in [0.717, 1.165) is 19.6 Å². The maximum atomic E-state index is 6.11. The molecule has 0 aliphatic carbocycles. The molecule has 19 heavy (non-hydrogen) atoms. The third-order valence-electron chi connectivity index (χ3n) is 4.20. The molecule has 3 nitrogen and oxygen atoms in total.